The lowest BCUT2D eigenvalue weighted by Gasteiger charge is -2.00. The number of rotatable bonds is 3. The van der Waals surface area contributed by atoms with Gasteiger partial charge in [-0.05, 0) is 19.1 Å². The van der Waals surface area contributed by atoms with Gasteiger partial charge in [-0.2, -0.15) is 0 Å². The van der Waals surface area contributed by atoms with E-state index in [-0.39, 0.29) is 11.5 Å². The summed E-state index contributed by atoms with van der Waals surface area (Å²) in [4.78, 5) is 11.0. The van der Waals surface area contributed by atoms with Crippen molar-refractivity contribution in [3.05, 3.63) is 29.8 Å². The summed E-state index contributed by atoms with van der Waals surface area (Å²) in [6, 6.07) is 4.50. The number of benzene rings is 1. The summed E-state index contributed by atoms with van der Waals surface area (Å²) in [5.74, 6) is -0.959. The van der Waals surface area contributed by atoms with Crippen molar-refractivity contribution in [3.8, 4) is 11.5 Å². The van der Waals surface area contributed by atoms with Crippen molar-refractivity contribution < 1.29 is 19.7 Å². The lowest BCUT2D eigenvalue weighted by Crippen LogP contribution is -1.98. The zero-order chi connectivity index (χ0) is 11.3. The molecule has 0 spiro atoms. The Morgan fingerprint density at radius 2 is 2.20 bits per heavy atom. The molecule has 4 heteroatoms. The van der Waals surface area contributed by atoms with E-state index in [0.29, 0.717) is 12.2 Å². The summed E-state index contributed by atoms with van der Waals surface area (Å²) in [6.07, 6.45) is 2.57. The van der Waals surface area contributed by atoms with Crippen LogP contribution in [0.3, 0.4) is 0 Å². The molecular formula is C11H12O4. The van der Waals surface area contributed by atoms with Gasteiger partial charge in [-0.25, -0.2) is 4.79 Å². The second-order valence-corrected chi connectivity index (χ2v) is 2.80. The fourth-order valence-electron chi connectivity index (χ4n) is 1.03. The largest absolute Gasteiger partial charge is 0.504 e. The van der Waals surface area contributed by atoms with Gasteiger partial charge in [0.05, 0.1) is 6.61 Å². The summed E-state index contributed by atoms with van der Waals surface area (Å²) < 4.78 is 4.66. The van der Waals surface area contributed by atoms with Crippen molar-refractivity contribution in [1.29, 1.82) is 0 Å². The van der Waals surface area contributed by atoms with Crippen LogP contribution in [-0.4, -0.2) is 22.8 Å². The second-order valence-electron chi connectivity index (χ2n) is 2.80. The van der Waals surface area contributed by atoms with Gasteiger partial charge in [-0.3, -0.25) is 0 Å². The molecule has 0 aromatic heterocycles. The Hall–Kier alpha value is -1.97. The SMILES string of the molecule is CCOC(=O)C=Cc1cccc(O)c1O. The van der Waals surface area contributed by atoms with Crippen molar-refractivity contribution >= 4 is 12.0 Å². The Bertz CT molecular complexity index is 382. The normalized spacial score (nSPS) is 10.5. The Balaban J connectivity index is 2.81. The molecule has 0 amide bonds. The van der Waals surface area contributed by atoms with Crippen LogP contribution in [0.25, 0.3) is 6.08 Å². The van der Waals surface area contributed by atoms with Crippen molar-refractivity contribution in [2.24, 2.45) is 0 Å². The molecule has 0 saturated carbocycles. The molecule has 0 aliphatic heterocycles. The zero-order valence-electron chi connectivity index (χ0n) is 8.30. The number of hydrogen-bond donors (Lipinski definition) is 2. The van der Waals surface area contributed by atoms with Gasteiger partial charge < -0.3 is 14.9 Å². The van der Waals surface area contributed by atoms with Gasteiger partial charge in [-0.1, -0.05) is 12.1 Å². The quantitative estimate of drug-likeness (QED) is 0.450. The van der Waals surface area contributed by atoms with Crippen molar-refractivity contribution in [1.82, 2.24) is 0 Å². The van der Waals surface area contributed by atoms with Crippen LogP contribution in [0.1, 0.15) is 12.5 Å². The van der Waals surface area contributed by atoms with Crippen LogP contribution in [0.5, 0.6) is 11.5 Å². The van der Waals surface area contributed by atoms with Gasteiger partial charge in [0.1, 0.15) is 0 Å². The van der Waals surface area contributed by atoms with Gasteiger partial charge in [0.25, 0.3) is 0 Å². The molecule has 1 aromatic carbocycles. The molecule has 0 radical (unpaired) electrons. The van der Waals surface area contributed by atoms with Crippen LogP contribution in [0.4, 0.5) is 0 Å². The summed E-state index contributed by atoms with van der Waals surface area (Å²) >= 11 is 0. The molecule has 0 aliphatic rings. The minimum atomic E-state index is -0.486. The minimum Gasteiger partial charge on any atom is -0.504 e. The Morgan fingerprint density at radius 1 is 1.47 bits per heavy atom. The van der Waals surface area contributed by atoms with Gasteiger partial charge in [0.2, 0.25) is 0 Å². The molecule has 1 aromatic rings. The zero-order valence-corrected chi connectivity index (χ0v) is 8.30. The summed E-state index contributed by atoms with van der Waals surface area (Å²) in [5, 5.41) is 18.6. The highest BCUT2D eigenvalue weighted by Gasteiger charge is 2.02. The molecule has 0 saturated heterocycles. The number of carbonyl (C=O) groups is 1. The summed E-state index contributed by atoms with van der Waals surface area (Å²) in [7, 11) is 0. The Labute approximate surface area is 87.4 Å². The van der Waals surface area contributed by atoms with Crippen LogP contribution in [-0.2, 0) is 9.53 Å². The van der Waals surface area contributed by atoms with Gasteiger partial charge in [-0.15, -0.1) is 0 Å². The number of phenols is 2. The fourth-order valence-corrected chi connectivity index (χ4v) is 1.03. The molecular weight excluding hydrogens is 196 g/mol. The van der Waals surface area contributed by atoms with E-state index >= 15 is 0 Å². The van der Waals surface area contributed by atoms with Crippen molar-refractivity contribution in [2.75, 3.05) is 6.61 Å². The van der Waals surface area contributed by atoms with E-state index in [4.69, 9.17) is 5.11 Å². The van der Waals surface area contributed by atoms with Crippen LogP contribution in [0.15, 0.2) is 24.3 Å². The summed E-state index contributed by atoms with van der Waals surface area (Å²) in [5.41, 5.74) is 0.364. The summed E-state index contributed by atoms with van der Waals surface area (Å²) in [6.45, 7) is 2.01. The number of esters is 1. The first kappa shape index (κ1) is 11.1. The van der Waals surface area contributed by atoms with Crippen LogP contribution in [0.2, 0.25) is 0 Å². The molecule has 0 fully saturated rings. The first-order valence-electron chi connectivity index (χ1n) is 4.51. The predicted molar refractivity (Wildman–Crippen MR) is 55.4 cm³/mol. The molecule has 80 valence electrons. The van der Waals surface area contributed by atoms with Gasteiger partial charge in [0, 0.05) is 11.6 Å². The number of aromatic hydroxyl groups is 2. The highest BCUT2D eigenvalue weighted by molar-refractivity contribution is 5.87. The number of para-hydroxylation sites is 1. The molecule has 0 atom stereocenters. The maximum absolute atomic E-state index is 11.0. The Morgan fingerprint density at radius 3 is 2.87 bits per heavy atom. The third-order valence-corrected chi connectivity index (χ3v) is 1.73. The maximum Gasteiger partial charge on any atom is 0.330 e. The van der Waals surface area contributed by atoms with Crippen LogP contribution >= 0.6 is 0 Å². The van der Waals surface area contributed by atoms with E-state index in [1.54, 1.807) is 19.1 Å². The van der Waals surface area contributed by atoms with E-state index in [9.17, 15) is 9.90 Å². The molecule has 1 rings (SSSR count). The predicted octanol–water partition coefficient (Wildman–Crippen LogP) is 1.67. The number of phenolic OH excluding ortho intramolecular Hbond substituents is 2. The van der Waals surface area contributed by atoms with E-state index in [1.807, 2.05) is 0 Å². The second kappa shape index (κ2) is 5.05. The Kier molecular flexibility index (Phi) is 3.74. The van der Waals surface area contributed by atoms with E-state index in [2.05, 4.69) is 4.74 Å². The monoisotopic (exact) mass is 208 g/mol. The third-order valence-electron chi connectivity index (χ3n) is 1.73. The van der Waals surface area contributed by atoms with E-state index in [1.165, 1.54) is 18.2 Å². The van der Waals surface area contributed by atoms with Crippen molar-refractivity contribution in [2.45, 2.75) is 6.92 Å². The van der Waals surface area contributed by atoms with E-state index in [0.717, 1.165) is 0 Å². The van der Waals surface area contributed by atoms with Gasteiger partial charge >= 0.3 is 5.97 Å². The molecule has 0 aliphatic carbocycles. The minimum absolute atomic E-state index is 0.221. The van der Waals surface area contributed by atoms with Crippen molar-refractivity contribution in [3.63, 3.8) is 0 Å². The lowest BCUT2D eigenvalue weighted by atomic mass is 10.2. The fraction of sp³-hybridized carbons (Fsp3) is 0.182. The van der Waals surface area contributed by atoms with E-state index < -0.39 is 5.97 Å². The van der Waals surface area contributed by atoms with Gasteiger partial charge in [0.15, 0.2) is 11.5 Å². The average molecular weight is 208 g/mol. The highest BCUT2D eigenvalue weighted by atomic mass is 16.5. The lowest BCUT2D eigenvalue weighted by molar-refractivity contribution is -0.137. The topological polar surface area (TPSA) is 66.8 Å². The molecule has 0 unspecified atom stereocenters. The first-order valence-corrected chi connectivity index (χ1v) is 4.51. The molecule has 4 nitrogen and oxygen atoms in total. The molecule has 2 N–H and O–H groups in total. The third kappa shape index (κ3) is 3.02. The molecule has 0 bridgehead atoms. The standard InChI is InChI=1S/C11H12O4/c1-2-15-10(13)7-6-8-4-3-5-9(12)11(8)14/h3-7,12,14H,2H2,1H3. The van der Waals surface area contributed by atoms with Crippen LogP contribution < -0.4 is 0 Å². The molecule has 0 heterocycles. The highest BCUT2D eigenvalue weighted by Crippen LogP contribution is 2.28. The first-order chi connectivity index (χ1) is 7.15. The number of carbonyl (C=O) groups excluding carboxylic acids is 1. The smallest absolute Gasteiger partial charge is 0.330 e. The number of ether oxygens (including phenoxy) is 1. The average Bonchev–Trinajstić information content (AvgIpc) is 2.21. The molecule has 15 heavy (non-hydrogen) atoms. The maximum atomic E-state index is 11.0. The van der Waals surface area contributed by atoms with Crippen LogP contribution in [0, 0.1) is 0 Å². The number of hydrogen-bond acceptors (Lipinski definition) is 4.